The Bertz CT molecular complexity index is 1300. The van der Waals surface area contributed by atoms with Crippen molar-refractivity contribution in [3.8, 4) is 11.8 Å². The van der Waals surface area contributed by atoms with Gasteiger partial charge in [-0.25, -0.2) is 5.48 Å². The molecular weight excluding hydrogens is 514 g/mol. The van der Waals surface area contributed by atoms with Gasteiger partial charge in [0.05, 0.1) is 6.54 Å². The molecule has 0 fully saturated rings. The van der Waals surface area contributed by atoms with Gasteiger partial charge in [0.15, 0.2) is 0 Å². The lowest BCUT2D eigenvalue weighted by Gasteiger charge is -2.14. The molecule has 3 aromatic rings. The number of carbonyl (C=O) groups is 3. The summed E-state index contributed by atoms with van der Waals surface area (Å²) in [5, 5.41) is 17.1. The first-order chi connectivity index (χ1) is 18.4. The molecule has 39 heavy (non-hydrogen) atoms. The van der Waals surface area contributed by atoms with Crippen LogP contribution < -0.4 is 27.2 Å². The highest BCUT2D eigenvalue weighted by molar-refractivity contribution is 7.98. The summed E-state index contributed by atoms with van der Waals surface area (Å²) in [5.74, 6) is 4.63. The lowest BCUT2D eigenvalue weighted by Crippen LogP contribution is -2.50. The highest BCUT2D eigenvalue weighted by Crippen LogP contribution is 2.14. The van der Waals surface area contributed by atoms with Gasteiger partial charge < -0.3 is 21.7 Å². The van der Waals surface area contributed by atoms with E-state index in [-0.39, 0.29) is 26.4 Å². The molecule has 0 aliphatic heterocycles. The van der Waals surface area contributed by atoms with E-state index < -0.39 is 17.9 Å². The Balaban J connectivity index is 0.00000533. The van der Waals surface area contributed by atoms with Crippen LogP contribution in [0.3, 0.4) is 0 Å². The molecule has 0 aliphatic rings. The highest BCUT2D eigenvalue weighted by atomic mass is 32.2. The van der Waals surface area contributed by atoms with E-state index in [9.17, 15) is 14.4 Å². The van der Waals surface area contributed by atoms with E-state index in [1.807, 2.05) is 30.5 Å². The second kappa shape index (κ2) is 16.0. The summed E-state index contributed by atoms with van der Waals surface area (Å²) in [6, 6.07) is 20.9. The summed E-state index contributed by atoms with van der Waals surface area (Å²) in [5.41, 5.74) is 10.5. The van der Waals surface area contributed by atoms with Gasteiger partial charge in [0.25, 0.3) is 11.8 Å². The van der Waals surface area contributed by atoms with Crippen LogP contribution in [0.25, 0.3) is 0 Å². The van der Waals surface area contributed by atoms with Crippen molar-refractivity contribution in [2.75, 3.05) is 24.7 Å². The Morgan fingerprint density at radius 2 is 1.51 bits per heavy atom. The minimum atomic E-state index is -1.04. The number of hydroxylamine groups is 1. The Labute approximate surface area is 232 Å². The van der Waals surface area contributed by atoms with Crippen molar-refractivity contribution in [1.82, 2.24) is 16.1 Å². The maximum atomic E-state index is 12.3. The van der Waals surface area contributed by atoms with Crippen LogP contribution in [0, 0.1) is 11.8 Å². The molecule has 0 aliphatic carbocycles. The number of hydrogen-bond donors (Lipinski definition) is 6. The molecule has 0 unspecified atom stereocenters. The second-order valence-electron chi connectivity index (χ2n) is 8.14. The van der Waals surface area contributed by atoms with Crippen molar-refractivity contribution >= 4 is 35.2 Å². The molecule has 3 rings (SSSR count). The molecule has 3 aromatic carbocycles. The SMILES string of the molecule is C.CSc1ccc(CNCC(=O)Nc2ccc(C#Cc3ccc(C(=O)N[C@@H](CN)C(=O)NO)cc3)cc2)cc1. The molecule has 9 nitrogen and oxygen atoms in total. The molecule has 0 aromatic heterocycles. The van der Waals surface area contributed by atoms with Crippen molar-refractivity contribution in [3.63, 3.8) is 0 Å². The maximum absolute atomic E-state index is 12.3. The van der Waals surface area contributed by atoms with Gasteiger partial charge in [-0.3, -0.25) is 19.6 Å². The average Bonchev–Trinajstić information content (AvgIpc) is 2.95. The van der Waals surface area contributed by atoms with Gasteiger partial charge in [0.2, 0.25) is 5.91 Å². The Kier molecular flexibility index (Phi) is 12.7. The largest absolute Gasteiger partial charge is 0.339 e. The van der Waals surface area contributed by atoms with Gasteiger partial charge in [-0.1, -0.05) is 31.4 Å². The number of thioether (sulfide) groups is 1. The molecule has 1 atom stereocenters. The van der Waals surface area contributed by atoms with Gasteiger partial charge in [0.1, 0.15) is 6.04 Å². The molecule has 0 spiro atoms. The topological polar surface area (TPSA) is 146 Å². The molecule has 0 heterocycles. The van der Waals surface area contributed by atoms with Crippen LogP contribution >= 0.6 is 11.8 Å². The Hall–Kier alpha value is -4.14. The summed E-state index contributed by atoms with van der Waals surface area (Å²) < 4.78 is 0. The number of hydrogen-bond acceptors (Lipinski definition) is 7. The van der Waals surface area contributed by atoms with E-state index in [0.29, 0.717) is 23.4 Å². The molecule has 204 valence electrons. The fourth-order valence-corrected chi connectivity index (χ4v) is 3.71. The molecule has 0 saturated heterocycles. The van der Waals surface area contributed by atoms with Crippen LogP contribution in [-0.4, -0.2) is 48.3 Å². The lowest BCUT2D eigenvalue weighted by atomic mass is 10.1. The first-order valence-corrected chi connectivity index (χ1v) is 12.9. The first kappa shape index (κ1) is 31.1. The lowest BCUT2D eigenvalue weighted by molar-refractivity contribution is -0.130. The van der Waals surface area contributed by atoms with E-state index in [1.165, 1.54) is 10.4 Å². The van der Waals surface area contributed by atoms with Gasteiger partial charge in [-0.15, -0.1) is 11.8 Å². The number of carbonyl (C=O) groups excluding carboxylic acids is 3. The summed E-state index contributed by atoms with van der Waals surface area (Å²) in [7, 11) is 0. The standard InChI is InChI=1S/C28H29N5O4S.CH4/c1-38-24-14-8-21(9-15-24)17-30-18-26(34)31-23-12-6-20(7-13-23)3-2-19-4-10-22(11-5-19)27(35)32-25(16-29)28(36)33-37;/h4-15,25,30,37H,16-18,29H2,1H3,(H,31,34)(H,32,35)(H,33,36);1H4/t25-;/m0./s1. The Morgan fingerprint density at radius 1 is 0.923 bits per heavy atom. The van der Waals surface area contributed by atoms with Crippen molar-refractivity contribution < 1.29 is 19.6 Å². The van der Waals surface area contributed by atoms with Gasteiger partial charge >= 0.3 is 0 Å². The molecule has 3 amide bonds. The summed E-state index contributed by atoms with van der Waals surface area (Å²) >= 11 is 1.69. The van der Waals surface area contributed by atoms with Crippen LogP contribution in [0.5, 0.6) is 0 Å². The fourth-order valence-electron chi connectivity index (χ4n) is 3.31. The normalized spacial score (nSPS) is 10.7. The fraction of sp³-hybridized carbons (Fsp3) is 0.207. The van der Waals surface area contributed by atoms with E-state index in [0.717, 1.165) is 11.1 Å². The number of anilines is 1. The number of nitrogens with one attached hydrogen (secondary N) is 4. The first-order valence-electron chi connectivity index (χ1n) is 11.7. The summed E-state index contributed by atoms with van der Waals surface area (Å²) in [6.45, 7) is 0.646. The van der Waals surface area contributed by atoms with Crippen LogP contribution in [0.4, 0.5) is 5.69 Å². The average molecular weight is 548 g/mol. The number of rotatable bonds is 10. The number of benzene rings is 3. The van der Waals surface area contributed by atoms with Crippen LogP contribution in [0.1, 0.15) is 34.5 Å². The van der Waals surface area contributed by atoms with E-state index in [2.05, 4.69) is 39.9 Å². The summed E-state index contributed by atoms with van der Waals surface area (Å²) in [4.78, 5) is 37.2. The highest BCUT2D eigenvalue weighted by Gasteiger charge is 2.19. The maximum Gasteiger partial charge on any atom is 0.267 e. The third-order valence-corrected chi connectivity index (χ3v) is 6.15. The molecule has 10 heteroatoms. The van der Waals surface area contributed by atoms with Gasteiger partial charge in [0, 0.05) is 40.4 Å². The predicted octanol–water partition coefficient (Wildman–Crippen LogP) is 2.74. The van der Waals surface area contributed by atoms with Gasteiger partial charge in [-0.2, -0.15) is 0 Å². The summed E-state index contributed by atoms with van der Waals surface area (Å²) in [6.07, 6.45) is 2.03. The third-order valence-electron chi connectivity index (χ3n) is 5.41. The minimum Gasteiger partial charge on any atom is -0.339 e. The second-order valence-corrected chi connectivity index (χ2v) is 9.02. The molecule has 0 radical (unpaired) electrons. The van der Waals surface area contributed by atoms with Gasteiger partial charge in [-0.05, 0) is 72.5 Å². The quantitative estimate of drug-likeness (QED) is 0.0991. The van der Waals surface area contributed by atoms with Crippen LogP contribution in [-0.2, 0) is 16.1 Å². The molecular formula is C29H33N5O4S. The van der Waals surface area contributed by atoms with E-state index in [1.54, 1.807) is 48.2 Å². The molecule has 0 bridgehead atoms. The van der Waals surface area contributed by atoms with Crippen molar-refractivity contribution in [1.29, 1.82) is 0 Å². The van der Waals surface area contributed by atoms with E-state index >= 15 is 0 Å². The molecule has 0 saturated carbocycles. The van der Waals surface area contributed by atoms with Crippen molar-refractivity contribution in [3.05, 3.63) is 95.1 Å². The monoisotopic (exact) mass is 547 g/mol. The van der Waals surface area contributed by atoms with Crippen molar-refractivity contribution in [2.24, 2.45) is 5.73 Å². The zero-order chi connectivity index (χ0) is 27.3. The minimum absolute atomic E-state index is 0. The number of amides is 3. The van der Waals surface area contributed by atoms with E-state index in [4.69, 9.17) is 10.9 Å². The zero-order valence-corrected chi connectivity index (χ0v) is 21.6. The number of nitrogens with two attached hydrogens (primary N) is 1. The Morgan fingerprint density at radius 3 is 2.05 bits per heavy atom. The third kappa shape index (κ3) is 9.92. The van der Waals surface area contributed by atoms with Crippen LogP contribution in [0.15, 0.2) is 77.7 Å². The molecule has 7 N–H and O–H groups in total. The van der Waals surface area contributed by atoms with Crippen LogP contribution in [0.2, 0.25) is 0 Å². The predicted molar refractivity (Wildman–Crippen MR) is 154 cm³/mol. The smallest absolute Gasteiger partial charge is 0.267 e. The van der Waals surface area contributed by atoms with Crippen molar-refractivity contribution in [2.45, 2.75) is 24.9 Å². The zero-order valence-electron chi connectivity index (χ0n) is 20.8.